The summed E-state index contributed by atoms with van der Waals surface area (Å²) in [6.07, 6.45) is -4.05. The van der Waals surface area contributed by atoms with E-state index in [-0.39, 0.29) is 12.3 Å². The Morgan fingerprint density at radius 2 is 1.96 bits per heavy atom. The van der Waals surface area contributed by atoms with E-state index in [2.05, 4.69) is 0 Å². The van der Waals surface area contributed by atoms with E-state index in [1.165, 1.54) is 0 Å². The number of nitrogens with zero attached hydrogens (tertiary/aromatic N) is 1. The second kappa shape index (κ2) is 7.97. The number of carbonyl (C=O) groups excluding carboxylic acids is 1. The predicted molar refractivity (Wildman–Crippen MR) is 87.7 cm³/mol. The standard InChI is InChI=1S/C18H22F3NO4/c1-11(7-12-5-3-4-6-15(12)26-2)8-16(23)22-9-13(17(24)25)14(10-22)18(19,20)21/h3-6,11,13-14H,7-10H2,1-2H3,(H,24,25)/t11?,13-,14-/m1/s1. The molecular weight excluding hydrogens is 351 g/mol. The van der Waals surface area contributed by atoms with E-state index in [1.54, 1.807) is 13.2 Å². The zero-order valence-electron chi connectivity index (χ0n) is 14.6. The molecule has 0 bridgehead atoms. The molecule has 1 aliphatic heterocycles. The summed E-state index contributed by atoms with van der Waals surface area (Å²) < 4.78 is 44.3. The van der Waals surface area contributed by atoms with Crippen LogP contribution in [0.4, 0.5) is 13.2 Å². The van der Waals surface area contributed by atoms with Gasteiger partial charge in [-0.3, -0.25) is 9.59 Å². The molecule has 1 aromatic rings. The summed E-state index contributed by atoms with van der Waals surface area (Å²) in [5.41, 5.74) is 0.910. The van der Waals surface area contributed by atoms with Crippen LogP contribution in [-0.2, 0) is 16.0 Å². The van der Waals surface area contributed by atoms with E-state index < -0.39 is 43.0 Å². The summed E-state index contributed by atoms with van der Waals surface area (Å²) in [7, 11) is 1.54. The van der Waals surface area contributed by atoms with Crippen molar-refractivity contribution >= 4 is 11.9 Å². The summed E-state index contributed by atoms with van der Waals surface area (Å²) in [5.74, 6) is -5.03. The monoisotopic (exact) mass is 373 g/mol. The molecule has 1 unspecified atom stereocenters. The second-order valence-electron chi connectivity index (χ2n) is 6.72. The minimum absolute atomic E-state index is 0.0506. The summed E-state index contributed by atoms with van der Waals surface area (Å²) in [6, 6.07) is 7.34. The van der Waals surface area contributed by atoms with Gasteiger partial charge in [0.25, 0.3) is 0 Å². The van der Waals surface area contributed by atoms with Gasteiger partial charge in [0, 0.05) is 19.5 Å². The van der Waals surface area contributed by atoms with Crippen LogP contribution in [0.2, 0.25) is 0 Å². The molecule has 5 nitrogen and oxygen atoms in total. The molecule has 1 heterocycles. The Balaban J connectivity index is 2.00. The number of amides is 1. The van der Waals surface area contributed by atoms with Crippen LogP contribution in [0.15, 0.2) is 24.3 Å². The number of carboxylic acid groups (broad SMARTS) is 1. The lowest BCUT2D eigenvalue weighted by Crippen LogP contribution is -2.34. The first-order valence-electron chi connectivity index (χ1n) is 8.32. The lowest BCUT2D eigenvalue weighted by Gasteiger charge is -2.20. The number of benzene rings is 1. The van der Waals surface area contributed by atoms with Crippen LogP contribution in [-0.4, -0.2) is 48.3 Å². The van der Waals surface area contributed by atoms with Crippen LogP contribution in [0.25, 0.3) is 0 Å². The van der Waals surface area contributed by atoms with Crippen molar-refractivity contribution in [3.63, 3.8) is 0 Å². The van der Waals surface area contributed by atoms with Crippen molar-refractivity contribution in [1.29, 1.82) is 0 Å². The van der Waals surface area contributed by atoms with Gasteiger partial charge in [-0.1, -0.05) is 25.1 Å². The van der Waals surface area contributed by atoms with Gasteiger partial charge in [-0.25, -0.2) is 0 Å². The van der Waals surface area contributed by atoms with Gasteiger partial charge in [-0.05, 0) is 24.0 Å². The first kappa shape index (κ1) is 20.1. The van der Waals surface area contributed by atoms with Crippen molar-refractivity contribution in [3.05, 3.63) is 29.8 Å². The lowest BCUT2D eigenvalue weighted by atomic mass is 9.96. The number of halogens is 3. The number of aliphatic carboxylic acids is 1. The molecule has 2 rings (SSSR count). The van der Waals surface area contributed by atoms with Gasteiger partial charge in [0.05, 0.1) is 18.9 Å². The number of hydrogen-bond donors (Lipinski definition) is 1. The quantitative estimate of drug-likeness (QED) is 0.833. The molecule has 8 heteroatoms. The number of carbonyl (C=O) groups is 2. The number of ether oxygens (including phenoxy) is 1. The maximum absolute atomic E-state index is 13.0. The number of para-hydroxylation sites is 1. The third-order valence-electron chi connectivity index (χ3n) is 4.69. The van der Waals surface area contributed by atoms with E-state index in [0.717, 1.165) is 10.5 Å². The number of hydrogen-bond acceptors (Lipinski definition) is 3. The Bertz CT molecular complexity index is 662. The van der Waals surface area contributed by atoms with Crippen LogP contribution >= 0.6 is 0 Å². The highest BCUT2D eigenvalue weighted by atomic mass is 19.4. The lowest BCUT2D eigenvalue weighted by molar-refractivity contribution is -0.188. The van der Waals surface area contributed by atoms with Gasteiger partial charge in [0.1, 0.15) is 5.75 Å². The molecule has 0 spiro atoms. The smallest absolute Gasteiger partial charge is 0.394 e. The van der Waals surface area contributed by atoms with Crippen molar-refractivity contribution in [2.45, 2.75) is 25.9 Å². The summed E-state index contributed by atoms with van der Waals surface area (Å²) in [5, 5.41) is 9.03. The molecule has 1 fully saturated rings. The Morgan fingerprint density at radius 1 is 1.31 bits per heavy atom. The number of methoxy groups -OCH3 is 1. The van der Waals surface area contributed by atoms with Crippen molar-refractivity contribution in [1.82, 2.24) is 4.90 Å². The predicted octanol–water partition coefficient (Wildman–Crippen LogP) is 2.99. The normalized spacial score (nSPS) is 21.5. The molecule has 144 valence electrons. The molecule has 0 aromatic heterocycles. The van der Waals surface area contributed by atoms with Crippen molar-refractivity contribution in [2.24, 2.45) is 17.8 Å². The van der Waals surface area contributed by atoms with Crippen LogP contribution < -0.4 is 4.74 Å². The molecule has 1 saturated heterocycles. The zero-order chi connectivity index (χ0) is 19.5. The van der Waals surface area contributed by atoms with Gasteiger partial charge in [0.15, 0.2) is 0 Å². The molecule has 1 aliphatic rings. The highest BCUT2D eigenvalue weighted by Crippen LogP contribution is 2.38. The summed E-state index contributed by atoms with van der Waals surface area (Å²) in [6.45, 7) is 0.830. The molecule has 0 saturated carbocycles. The first-order valence-corrected chi connectivity index (χ1v) is 8.32. The summed E-state index contributed by atoms with van der Waals surface area (Å²) in [4.78, 5) is 24.5. The number of carboxylic acids is 1. The third-order valence-corrected chi connectivity index (χ3v) is 4.69. The van der Waals surface area contributed by atoms with E-state index in [0.29, 0.717) is 12.2 Å². The van der Waals surface area contributed by atoms with Gasteiger partial charge < -0.3 is 14.7 Å². The highest BCUT2D eigenvalue weighted by molar-refractivity contribution is 5.79. The molecule has 1 N–H and O–H groups in total. The minimum atomic E-state index is -4.64. The van der Waals surface area contributed by atoms with Crippen LogP contribution in [0, 0.1) is 17.8 Å². The van der Waals surface area contributed by atoms with Crippen molar-refractivity contribution in [2.75, 3.05) is 20.2 Å². The average molecular weight is 373 g/mol. The third kappa shape index (κ3) is 4.68. The van der Waals surface area contributed by atoms with E-state index in [4.69, 9.17) is 9.84 Å². The van der Waals surface area contributed by atoms with Crippen molar-refractivity contribution < 1.29 is 32.6 Å². The number of likely N-dealkylation sites (tertiary alicyclic amines) is 1. The van der Waals surface area contributed by atoms with Gasteiger partial charge in [0.2, 0.25) is 5.91 Å². The van der Waals surface area contributed by atoms with Crippen LogP contribution in [0.5, 0.6) is 5.75 Å². The zero-order valence-corrected chi connectivity index (χ0v) is 14.6. The molecule has 0 radical (unpaired) electrons. The number of alkyl halides is 3. The van der Waals surface area contributed by atoms with E-state index in [9.17, 15) is 22.8 Å². The van der Waals surface area contributed by atoms with Gasteiger partial charge in [-0.2, -0.15) is 13.2 Å². The van der Waals surface area contributed by atoms with Crippen LogP contribution in [0.3, 0.4) is 0 Å². The fourth-order valence-corrected chi connectivity index (χ4v) is 3.34. The molecule has 3 atom stereocenters. The number of rotatable bonds is 6. The Kier molecular flexibility index (Phi) is 6.15. The molecular formula is C18H22F3NO4. The van der Waals surface area contributed by atoms with E-state index in [1.807, 2.05) is 25.1 Å². The second-order valence-corrected chi connectivity index (χ2v) is 6.72. The maximum Gasteiger partial charge on any atom is 0.394 e. The SMILES string of the molecule is COc1ccccc1CC(C)CC(=O)N1C[C@@H](C(F)(F)F)[C@H](C(=O)O)C1. The Hall–Kier alpha value is -2.25. The van der Waals surface area contributed by atoms with E-state index >= 15 is 0 Å². The molecule has 0 aliphatic carbocycles. The fourth-order valence-electron chi connectivity index (χ4n) is 3.34. The first-order chi connectivity index (χ1) is 12.1. The molecule has 26 heavy (non-hydrogen) atoms. The summed E-state index contributed by atoms with van der Waals surface area (Å²) >= 11 is 0. The largest absolute Gasteiger partial charge is 0.496 e. The maximum atomic E-state index is 13.0. The highest BCUT2D eigenvalue weighted by Gasteiger charge is 2.53. The van der Waals surface area contributed by atoms with Crippen molar-refractivity contribution in [3.8, 4) is 5.75 Å². The minimum Gasteiger partial charge on any atom is -0.496 e. The average Bonchev–Trinajstić information content (AvgIpc) is 3.01. The Morgan fingerprint density at radius 3 is 2.50 bits per heavy atom. The molecule has 1 amide bonds. The topological polar surface area (TPSA) is 66.8 Å². The Labute approximate surface area is 149 Å². The van der Waals surface area contributed by atoms with Gasteiger partial charge in [-0.15, -0.1) is 0 Å². The fraction of sp³-hybridized carbons (Fsp3) is 0.556. The van der Waals surface area contributed by atoms with Crippen LogP contribution in [0.1, 0.15) is 18.9 Å². The van der Waals surface area contributed by atoms with Gasteiger partial charge >= 0.3 is 12.1 Å². The molecule has 1 aromatic carbocycles.